The van der Waals surface area contributed by atoms with Crippen LogP contribution in [0, 0.1) is 0 Å². The van der Waals surface area contributed by atoms with E-state index in [0.29, 0.717) is 47.5 Å². The smallest absolute Gasteiger partial charge is 0.253 e. The van der Waals surface area contributed by atoms with Crippen molar-refractivity contribution in [3.05, 3.63) is 76.4 Å². The standard InChI is InChI=1S/C26H25ClN4O5S2/c1-35-22-9-8-20(30-11-12-36-16-25(30)32)15-21(22)31-24(28-29-26(31)23-3-2-13-37-23)17-38(33,34)14-10-18-4-6-19(27)7-5-18/h2-9,13,15H,10-12,14,16-17H2,1H3. The average molecular weight is 573 g/mol. The molecule has 0 N–H and O–H groups in total. The van der Waals surface area contributed by atoms with Crippen molar-refractivity contribution in [2.45, 2.75) is 12.2 Å². The van der Waals surface area contributed by atoms with Crippen molar-refractivity contribution < 1.29 is 22.7 Å². The third-order valence-corrected chi connectivity index (χ3v) is 8.78. The number of sulfone groups is 1. The number of benzene rings is 2. The van der Waals surface area contributed by atoms with Crippen LogP contribution in [0.5, 0.6) is 5.75 Å². The Morgan fingerprint density at radius 2 is 1.95 bits per heavy atom. The van der Waals surface area contributed by atoms with Crippen molar-refractivity contribution in [2.24, 2.45) is 0 Å². The molecule has 4 aromatic rings. The van der Waals surface area contributed by atoms with E-state index in [-0.39, 0.29) is 29.8 Å². The van der Waals surface area contributed by atoms with Gasteiger partial charge in [0.2, 0.25) is 0 Å². The maximum atomic E-state index is 13.2. The number of carbonyl (C=O) groups excluding carboxylic acids is 1. The Morgan fingerprint density at radius 1 is 1.13 bits per heavy atom. The lowest BCUT2D eigenvalue weighted by Gasteiger charge is -2.27. The van der Waals surface area contributed by atoms with E-state index >= 15 is 0 Å². The summed E-state index contributed by atoms with van der Waals surface area (Å²) in [6, 6.07) is 16.3. The average Bonchev–Trinajstić information content (AvgIpc) is 3.58. The number of nitrogens with zero attached hydrogens (tertiary/aromatic N) is 4. The van der Waals surface area contributed by atoms with Gasteiger partial charge in [-0.25, -0.2) is 8.42 Å². The second kappa shape index (κ2) is 11.2. The maximum Gasteiger partial charge on any atom is 0.253 e. The summed E-state index contributed by atoms with van der Waals surface area (Å²) >= 11 is 7.41. The molecule has 0 atom stereocenters. The molecule has 1 saturated heterocycles. The highest BCUT2D eigenvalue weighted by molar-refractivity contribution is 7.90. The first kappa shape index (κ1) is 26.4. The second-order valence-corrected chi connectivity index (χ2v) is 12.2. The van der Waals surface area contributed by atoms with E-state index in [1.54, 1.807) is 39.8 Å². The van der Waals surface area contributed by atoms with E-state index in [0.717, 1.165) is 10.4 Å². The van der Waals surface area contributed by atoms with Gasteiger partial charge in [-0.05, 0) is 53.8 Å². The molecule has 3 heterocycles. The first-order valence-corrected chi connectivity index (χ1v) is 14.9. The molecular weight excluding hydrogens is 548 g/mol. The van der Waals surface area contributed by atoms with Crippen LogP contribution in [0.4, 0.5) is 5.69 Å². The normalized spacial score (nSPS) is 14.2. The van der Waals surface area contributed by atoms with Gasteiger partial charge in [-0.1, -0.05) is 29.8 Å². The van der Waals surface area contributed by atoms with Crippen molar-refractivity contribution in [3.8, 4) is 22.1 Å². The summed E-state index contributed by atoms with van der Waals surface area (Å²) in [5.41, 5.74) is 2.07. The molecule has 1 aliphatic heterocycles. The number of carbonyl (C=O) groups is 1. The molecular formula is C26H25ClN4O5S2. The molecule has 38 heavy (non-hydrogen) atoms. The summed E-state index contributed by atoms with van der Waals surface area (Å²) in [5.74, 6) is 0.712. The molecule has 0 aliphatic carbocycles. The predicted octanol–water partition coefficient (Wildman–Crippen LogP) is 4.18. The van der Waals surface area contributed by atoms with Gasteiger partial charge in [0.1, 0.15) is 18.1 Å². The number of hydrogen-bond acceptors (Lipinski definition) is 8. The molecule has 0 saturated carbocycles. The third-order valence-electron chi connectivity index (χ3n) is 6.14. The van der Waals surface area contributed by atoms with Crippen LogP contribution in [0.1, 0.15) is 11.4 Å². The highest BCUT2D eigenvalue weighted by Gasteiger charge is 2.26. The number of anilines is 1. The lowest BCUT2D eigenvalue weighted by molar-refractivity contribution is -0.125. The molecule has 1 fully saturated rings. The second-order valence-electron chi connectivity index (χ2n) is 8.68. The fourth-order valence-electron chi connectivity index (χ4n) is 4.23. The van der Waals surface area contributed by atoms with Gasteiger partial charge in [-0.2, -0.15) is 0 Å². The Balaban J connectivity index is 1.53. The third kappa shape index (κ3) is 5.75. The van der Waals surface area contributed by atoms with Crippen LogP contribution in [0.25, 0.3) is 16.4 Å². The predicted molar refractivity (Wildman–Crippen MR) is 147 cm³/mol. The first-order valence-electron chi connectivity index (χ1n) is 11.8. The number of amides is 1. The number of aromatic nitrogens is 3. The van der Waals surface area contributed by atoms with Crippen molar-refractivity contribution >= 4 is 44.4 Å². The Morgan fingerprint density at radius 3 is 2.66 bits per heavy atom. The molecule has 2 aromatic carbocycles. The van der Waals surface area contributed by atoms with E-state index in [1.807, 2.05) is 29.6 Å². The molecule has 1 amide bonds. The Kier molecular flexibility index (Phi) is 7.80. The summed E-state index contributed by atoms with van der Waals surface area (Å²) in [6.45, 7) is 0.847. The summed E-state index contributed by atoms with van der Waals surface area (Å²) in [5, 5.41) is 11.2. The van der Waals surface area contributed by atoms with Gasteiger partial charge in [0.15, 0.2) is 21.5 Å². The molecule has 0 unspecified atom stereocenters. The molecule has 0 radical (unpaired) electrons. The minimum Gasteiger partial charge on any atom is -0.495 e. The zero-order valence-corrected chi connectivity index (χ0v) is 22.9. The minimum absolute atomic E-state index is 0.00551. The first-order chi connectivity index (χ1) is 18.3. The van der Waals surface area contributed by atoms with Crippen molar-refractivity contribution in [1.82, 2.24) is 14.8 Å². The number of rotatable bonds is 9. The number of morpholine rings is 1. The number of thiophene rings is 1. The SMILES string of the molecule is COc1ccc(N2CCOCC2=O)cc1-n1c(CS(=O)(=O)CCc2ccc(Cl)cc2)nnc1-c1cccs1. The quantitative estimate of drug-likeness (QED) is 0.296. The monoisotopic (exact) mass is 572 g/mol. The van der Waals surface area contributed by atoms with Crippen LogP contribution in [-0.2, 0) is 31.5 Å². The maximum absolute atomic E-state index is 13.2. The van der Waals surface area contributed by atoms with Gasteiger partial charge in [0.25, 0.3) is 5.91 Å². The molecule has 0 bridgehead atoms. The number of methoxy groups -OCH3 is 1. The van der Waals surface area contributed by atoms with Crippen LogP contribution < -0.4 is 9.64 Å². The molecule has 2 aromatic heterocycles. The van der Waals surface area contributed by atoms with E-state index in [9.17, 15) is 13.2 Å². The van der Waals surface area contributed by atoms with Gasteiger partial charge in [-0.15, -0.1) is 21.5 Å². The molecule has 9 nitrogen and oxygen atoms in total. The van der Waals surface area contributed by atoms with E-state index in [1.165, 1.54) is 18.4 Å². The van der Waals surface area contributed by atoms with Crippen LogP contribution in [0.2, 0.25) is 5.02 Å². The zero-order valence-electron chi connectivity index (χ0n) is 20.5. The van der Waals surface area contributed by atoms with Gasteiger partial charge >= 0.3 is 0 Å². The largest absolute Gasteiger partial charge is 0.495 e. The molecule has 1 aliphatic rings. The Labute approximate surface area is 229 Å². The Bertz CT molecular complexity index is 1540. The van der Waals surface area contributed by atoms with Crippen LogP contribution in [0.15, 0.2) is 60.0 Å². The minimum atomic E-state index is -3.56. The lowest BCUT2D eigenvalue weighted by atomic mass is 10.2. The van der Waals surface area contributed by atoms with Crippen LogP contribution in [-0.4, -0.2) is 61.7 Å². The summed E-state index contributed by atoms with van der Waals surface area (Å²) in [4.78, 5) is 15.0. The molecule has 12 heteroatoms. The topological polar surface area (TPSA) is 104 Å². The summed E-state index contributed by atoms with van der Waals surface area (Å²) in [7, 11) is -2.02. The lowest BCUT2D eigenvalue weighted by Crippen LogP contribution is -2.41. The number of halogens is 1. The molecule has 5 rings (SSSR count). The van der Waals surface area contributed by atoms with Gasteiger partial charge in [0.05, 0.1) is 30.0 Å². The molecule has 198 valence electrons. The van der Waals surface area contributed by atoms with Crippen molar-refractivity contribution in [3.63, 3.8) is 0 Å². The van der Waals surface area contributed by atoms with E-state index < -0.39 is 9.84 Å². The highest BCUT2D eigenvalue weighted by atomic mass is 35.5. The molecule has 0 spiro atoms. The summed E-state index contributed by atoms with van der Waals surface area (Å²) in [6.07, 6.45) is 0.351. The fourth-order valence-corrected chi connectivity index (χ4v) is 6.33. The van der Waals surface area contributed by atoms with Gasteiger partial charge < -0.3 is 14.4 Å². The fraction of sp³-hybridized carbons (Fsp3) is 0.269. The summed E-state index contributed by atoms with van der Waals surface area (Å²) < 4.78 is 39.1. The number of hydrogen-bond donors (Lipinski definition) is 0. The van der Waals surface area contributed by atoms with E-state index in [2.05, 4.69) is 10.2 Å². The van der Waals surface area contributed by atoms with Gasteiger partial charge in [-0.3, -0.25) is 9.36 Å². The van der Waals surface area contributed by atoms with Gasteiger partial charge in [0, 0.05) is 17.3 Å². The van der Waals surface area contributed by atoms with Crippen molar-refractivity contribution in [1.29, 1.82) is 0 Å². The Hall–Kier alpha value is -3.25. The van der Waals surface area contributed by atoms with E-state index in [4.69, 9.17) is 21.1 Å². The highest BCUT2D eigenvalue weighted by Crippen LogP contribution is 2.34. The van der Waals surface area contributed by atoms with Crippen LogP contribution >= 0.6 is 22.9 Å². The van der Waals surface area contributed by atoms with Crippen LogP contribution in [0.3, 0.4) is 0 Å². The number of ether oxygens (including phenoxy) is 2. The zero-order chi connectivity index (χ0) is 26.7. The number of aryl methyl sites for hydroxylation is 1. The van der Waals surface area contributed by atoms with Crippen molar-refractivity contribution in [2.75, 3.05) is 37.5 Å².